The molecule has 0 aliphatic heterocycles. The number of benzene rings is 1. The molecule has 0 spiro atoms. The summed E-state index contributed by atoms with van der Waals surface area (Å²) in [6.45, 7) is 3.58. The highest BCUT2D eigenvalue weighted by molar-refractivity contribution is 5.88. The molecule has 0 atom stereocenters. The minimum atomic E-state index is -4.57. The van der Waals surface area contributed by atoms with Gasteiger partial charge in [0, 0.05) is 30.3 Å². The highest BCUT2D eigenvalue weighted by Crippen LogP contribution is 2.31. The van der Waals surface area contributed by atoms with Crippen molar-refractivity contribution in [2.24, 2.45) is 0 Å². The topological polar surface area (TPSA) is 64.1 Å². The van der Waals surface area contributed by atoms with E-state index in [4.69, 9.17) is 4.74 Å². The SMILES string of the molecule is C=CC(=O)NCc1cc(Oc2ccnc(C(F)(F)F)c2)nc2ccccc12. The number of amides is 1. The van der Waals surface area contributed by atoms with Gasteiger partial charge in [-0.25, -0.2) is 4.98 Å². The van der Waals surface area contributed by atoms with Crippen LogP contribution in [0.2, 0.25) is 0 Å². The van der Waals surface area contributed by atoms with Gasteiger partial charge in [-0.05, 0) is 23.8 Å². The molecule has 1 N–H and O–H groups in total. The summed E-state index contributed by atoms with van der Waals surface area (Å²) in [5.74, 6) is -0.278. The molecule has 138 valence electrons. The number of nitrogens with one attached hydrogen (secondary N) is 1. The first-order valence-electron chi connectivity index (χ1n) is 7.87. The number of aromatic nitrogens is 2. The average molecular weight is 373 g/mol. The molecule has 2 heterocycles. The molecule has 0 radical (unpaired) electrons. The first-order chi connectivity index (χ1) is 12.9. The molecule has 8 heteroatoms. The summed E-state index contributed by atoms with van der Waals surface area (Å²) >= 11 is 0. The number of carbonyl (C=O) groups is 1. The van der Waals surface area contributed by atoms with Gasteiger partial charge in [0.2, 0.25) is 11.8 Å². The summed E-state index contributed by atoms with van der Waals surface area (Å²) in [6.07, 6.45) is -2.41. The summed E-state index contributed by atoms with van der Waals surface area (Å²) in [7, 11) is 0. The first-order valence-corrected chi connectivity index (χ1v) is 7.87. The third-order valence-corrected chi connectivity index (χ3v) is 3.66. The normalized spacial score (nSPS) is 11.2. The fourth-order valence-electron chi connectivity index (χ4n) is 2.42. The first kappa shape index (κ1) is 18.4. The van der Waals surface area contributed by atoms with E-state index in [0.717, 1.165) is 23.7 Å². The molecule has 3 rings (SSSR count). The highest BCUT2D eigenvalue weighted by atomic mass is 19.4. The lowest BCUT2D eigenvalue weighted by molar-refractivity contribution is -0.141. The van der Waals surface area contributed by atoms with Gasteiger partial charge in [-0.3, -0.25) is 9.78 Å². The van der Waals surface area contributed by atoms with Crippen LogP contribution in [0.5, 0.6) is 11.6 Å². The molecular formula is C19H14F3N3O2. The largest absolute Gasteiger partial charge is 0.439 e. The van der Waals surface area contributed by atoms with Crippen LogP contribution >= 0.6 is 0 Å². The number of nitrogens with zero attached hydrogens (tertiary/aromatic N) is 2. The van der Waals surface area contributed by atoms with Crippen molar-refractivity contribution in [2.45, 2.75) is 12.7 Å². The molecular weight excluding hydrogens is 359 g/mol. The van der Waals surface area contributed by atoms with Gasteiger partial charge in [0.05, 0.1) is 5.52 Å². The summed E-state index contributed by atoms with van der Waals surface area (Å²) in [4.78, 5) is 19.0. The van der Waals surface area contributed by atoms with E-state index in [-0.39, 0.29) is 24.1 Å². The smallest absolute Gasteiger partial charge is 0.433 e. The van der Waals surface area contributed by atoms with Crippen molar-refractivity contribution in [3.05, 3.63) is 72.6 Å². The van der Waals surface area contributed by atoms with Crippen LogP contribution in [-0.4, -0.2) is 15.9 Å². The zero-order valence-electron chi connectivity index (χ0n) is 14.0. The summed E-state index contributed by atoms with van der Waals surface area (Å²) < 4.78 is 43.9. The number of rotatable bonds is 5. The van der Waals surface area contributed by atoms with Gasteiger partial charge in [-0.15, -0.1) is 0 Å². The molecule has 0 unspecified atom stereocenters. The highest BCUT2D eigenvalue weighted by Gasteiger charge is 2.32. The lowest BCUT2D eigenvalue weighted by atomic mass is 10.1. The van der Waals surface area contributed by atoms with Crippen LogP contribution in [-0.2, 0) is 17.5 Å². The van der Waals surface area contributed by atoms with Crippen LogP contribution in [0.3, 0.4) is 0 Å². The van der Waals surface area contributed by atoms with Gasteiger partial charge in [-0.1, -0.05) is 24.8 Å². The van der Waals surface area contributed by atoms with Crippen molar-refractivity contribution in [1.82, 2.24) is 15.3 Å². The van der Waals surface area contributed by atoms with Crippen molar-refractivity contribution in [3.8, 4) is 11.6 Å². The minimum Gasteiger partial charge on any atom is -0.439 e. The number of fused-ring (bicyclic) bond motifs is 1. The number of halogens is 3. The van der Waals surface area contributed by atoms with E-state index in [2.05, 4.69) is 21.9 Å². The van der Waals surface area contributed by atoms with E-state index in [1.165, 1.54) is 6.07 Å². The van der Waals surface area contributed by atoms with E-state index < -0.39 is 11.9 Å². The molecule has 5 nitrogen and oxygen atoms in total. The molecule has 0 aliphatic carbocycles. The number of carbonyl (C=O) groups excluding carboxylic acids is 1. The maximum absolute atomic E-state index is 12.8. The van der Waals surface area contributed by atoms with Crippen molar-refractivity contribution >= 4 is 16.8 Å². The maximum atomic E-state index is 12.8. The molecule has 3 aromatic rings. The van der Waals surface area contributed by atoms with Crippen LogP contribution in [0.15, 0.2) is 61.3 Å². The standard InChI is InChI=1S/C19H14F3N3O2/c1-2-17(26)24-11-12-9-18(25-15-6-4-3-5-14(12)15)27-13-7-8-23-16(10-13)19(20,21)22/h2-10H,1,11H2,(H,24,26). The Morgan fingerprint density at radius 1 is 1.22 bits per heavy atom. The summed E-state index contributed by atoms with van der Waals surface area (Å²) in [6, 6.07) is 10.9. The van der Waals surface area contributed by atoms with Crippen molar-refractivity contribution < 1.29 is 22.7 Å². The van der Waals surface area contributed by atoms with Crippen LogP contribution in [0.25, 0.3) is 10.9 Å². The molecule has 1 aromatic carbocycles. The number of hydrogen-bond donors (Lipinski definition) is 1. The van der Waals surface area contributed by atoms with Crippen LogP contribution in [0.4, 0.5) is 13.2 Å². The second kappa shape index (κ2) is 7.45. The van der Waals surface area contributed by atoms with Crippen molar-refractivity contribution in [2.75, 3.05) is 0 Å². The van der Waals surface area contributed by atoms with E-state index in [1.807, 2.05) is 12.1 Å². The Labute approximate surface area is 152 Å². The predicted molar refractivity (Wildman–Crippen MR) is 93.1 cm³/mol. The monoisotopic (exact) mass is 373 g/mol. The van der Waals surface area contributed by atoms with Crippen molar-refractivity contribution in [3.63, 3.8) is 0 Å². The predicted octanol–water partition coefficient (Wildman–Crippen LogP) is 4.24. The molecule has 0 bridgehead atoms. The van der Waals surface area contributed by atoms with Gasteiger partial charge in [0.15, 0.2) is 0 Å². The van der Waals surface area contributed by atoms with E-state index >= 15 is 0 Å². The molecule has 0 aliphatic rings. The fraction of sp³-hybridized carbons (Fsp3) is 0.105. The summed E-state index contributed by atoms with van der Waals surface area (Å²) in [5.41, 5.74) is 0.234. The second-order valence-corrected chi connectivity index (χ2v) is 5.54. The van der Waals surface area contributed by atoms with Crippen LogP contribution < -0.4 is 10.1 Å². The Hall–Kier alpha value is -3.42. The van der Waals surface area contributed by atoms with Gasteiger partial charge in [0.25, 0.3) is 0 Å². The number of alkyl halides is 3. The van der Waals surface area contributed by atoms with Crippen LogP contribution in [0, 0.1) is 0 Å². The number of ether oxygens (including phenoxy) is 1. The second-order valence-electron chi connectivity index (χ2n) is 5.54. The van der Waals surface area contributed by atoms with Gasteiger partial charge < -0.3 is 10.1 Å². The van der Waals surface area contributed by atoms with Crippen LogP contribution in [0.1, 0.15) is 11.3 Å². The van der Waals surface area contributed by atoms with Gasteiger partial charge in [0.1, 0.15) is 11.4 Å². The zero-order chi connectivity index (χ0) is 19.4. The van der Waals surface area contributed by atoms with E-state index in [1.54, 1.807) is 18.2 Å². The lowest BCUT2D eigenvalue weighted by Gasteiger charge is -2.12. The zero-order valence-corrected chi connectivity index (χ0v) is 14.0. The molecule has 0 fully saturated rings. The average Bonchev–Trinajstić information content (AvgIpc) is 2.65. The van der Waals surface area contributed by atoms with Gasteiger partial charge >= 0.3 is 6.18 Å². The molecule has 2 aromatic heterocycles. The molecule has 1 amide bonds. The lowest BCUT2D eigenvalue weighted by Crippen LogP contribution is -2.20. The van der Waals surface area contributed by atoms with Gasteiger partial charge in [-0.2, -0.15) is 13.2 Å². The minimum absolute atomic E-state index is 0.0406. The molecule has 27 heavy (non-hydrogen) atoms. The third-order valence-electron chi connectivity index (χ3n) is 3.66. The quantitative estimate of drug-likeness (QED) is 0.680. The fourth-order valence-corrected chi connectivity index (χ4v) is 2.42. The number of pyridine rings is 2. The molecule has 0 saturated carbocycles. The Bertz CT molecular complexity index is 1000. The summed E-state index contributed by atoms with van der Waals surface area (Å²) in [5, 5.41) is 3.45. The van der Waals surface area contributed by atoms with E-state index in [9.17, 15) is 18.0 Å². The van der Waals surface area contributed by atoms with Crippen molar-refractivity contribution in [1.29, 1.82) is 0 Å². The Kier molecular flexibility index (Phi) is 5.07. The Morgan fingerprint density at radius 2 is 2.00 bits per heavy atom. The third kappa shape index (κ3) is 4.41. The number of para-hydroxylation sites is 1. The van der Waals surface area contributed by atoms with E-state index in [0.29, 0.717) is 11.1 Å². The molecule has 0 saturated heterocycles. The Morgan fingerprint density at radius 3 is 2.74 bits per heavy atom. The Balaban J connectivity index is 1.95. The maximum Gasteiger partial charge on any atom is 0.433 e. The number of hydrogen-bond acceptors (Lipinski definition) is 4.